The van der Waals surface area contributed by atoms with Gasteiger partial charge < -0.3 is 14.7 Å². The third kappa shape index (κ3) is 3.22. The number of rotatable bonds is 4. The lowest BCUT2D eigenvalue weighted by molar-refractivity contribution is -0.154. The molecule has 144 valence electrons. The third-order valence-corrected chi connectivity index (χ3v) is 4.84. The number of carboxylic acid groups (broad SMARTS) is 1. The summed E-state index contributed by atoms with van der Waals surface area (Å²) >= 11 is 0. The summed E-state index contributed by atoms with van der Waals surface area (Å²) in [5, 5.41) is 14.2. The molecular formula is C20H20N4O4. The second-order valence-corrected chi connectivity index (χ2v) is 6.57. The lowest BCUT2D eigenvalue weighted by atomic mass is 10.1. The van der Waals surface area contributed by atoms with Crippen molar-refractivity contribution in [2.24, 2.45) is 0 Å². The van der Waals surface area contributed by atoms with Gasteiger partial charge in [0, 0.05) is 18.7 Å². The van der Waals surface area contributed by atoms with E-state index < -0.39 is 12.1 Å². The van der Waals surface area contributed by atoms with Gasteiger partial charge in [0.05, 0.1) is 36.0 Å². The van der Waals surface area contributed by atoms with Crippen molar-refractivity contribution in [3.8, 4) is 11.3 Å². The van der Waals surface area contributed by atoms with Gasteiger partial charge in [-0.1, -0.05) is 30.3 Å². The summed E-state index contributed by atoms with van der Waals surface area (Å²) in [6, 6.07) is 11.4. The zero-order chi connectivity index (χ0) is 19.7. The molecule has 0 saturated carbocycles. The fourth-order valence-electron chi connectivity index (χ4n) is 3.37. The minimum absolute atomic E-state index is 0.0145. The van der Waals surface area contributed by atoms with Crippen LogP contribution in [0.1, 0.15) is 17.3 Å². The number of nitrogens with zero attached hydrogens (tertiary/aromatic N) is 4. The van der Waals surface area contributed by atoms with Crippen LogP contribution in [-0.4, -0.2) is 62.4 Å². The molecule has 0 radical (unpaired) electrons. The zero-order valence-electron chi connectivity index (χ0n) is 15.4. The molecule has 0 spiro atoms. The Balaban J connectivity index is 1.80. The number of morpholine rings is 1. The molecule has 2 aromatic heterocycles. The van der Waals surface area contributed by atoms with Crippen LogP contribution in [0.25, 0.3) is 22.3 Å². The molecule has 3 aromatic rings. The lowest BCUT2D eigenvalue weighted by Gasteiger charge is -2.31. The van der Waals surface area contributed by atoms with Gasteiger partial charge in [-0.3, -0.25) is 4.79 Å². The standard InChI is InChI=1S/C20H20N4O4/c1-2-24-18-15(11-21-24)14(10-16(22-18)13-6-4-3-5-7-13)19(25)23-8-9-28-17(12-23)20(26)27/h3-7,10-11,17H,2,8-9,12H2,1H3,(H,26,27). The van der Waals surface area contributed by atoms with Gasteiger partial charge in [0.25, 0.3) is 5.91 Å². The van der Waals surface area contributed by atoms with Gasteiger partial charge in [-0.05, 0) is 13.0 Å². The summed E-state index contributed by atoms with van der Waals surface area (Å²) in [6.45, 7) is 3.14. The summed E-state index contributed by atoms with van der Waals surface area (Å²) in [5.74, 6) is -1.31. The predicted octanol–water partition coefficient (Wildman–Crippen LogP) is 2.04. The highest BCUT2D eigenvalue weighted by atomic mass is 16.5. The number of carboxylic acids is 1. The fourth-order valence-corrected chi connectivity index (χ4v) is 3.37. The van der Waals surface area contributed by atoms with Crippen molar-refractivity contribution in [2.45, 2.75) is 19.6 Å². The number of benzene rings is 1. The molecule has 4 rings (SSSR count). The Hall–Kier alpha value is -3.26. The summed E-state index contributed by atoms with van der Waals surface area (Å²) in [7, 11) is 0. The molecule has 1 saturated heterocycles. The van der Waals surface area contributed by atoms with Crippen LogP contribution in [-0.2, 0) is 16.1 Å². The van der Waals surface area contributed by atoms with Gasteiger partial charge in [0.2, 0.25) is 0 Å². The Morgan fingerprint density at radius 2 is 2.07 bits per heavy atom. The van der Waals surface area contributed by atoms with E-state index in [-0.39, 0.29) is 19.1 Å². The summed E-state index contributed by atoms with van der Waals surface area (Å²) in [4.78, 5) is 30.8. The number of aryl methyl sites for hydroxylation is 1. The van der Waals surface area contributed by atoms with Crippen LogP contribution >= 0.6 is 0 Å². The van der Waals surface area contributed by atoms with Crippen LogP contribution in [0.3, 0.4) is 0 Å². The molecule has 28 heavy (non-hydrogen) atoms. The number of carbonyl (C=O) groups is 2. The van der Waals surface area contributed by atoms with Crippen LogP contribution in [0.2, 0.25) is 0 Å². The van der Waals surface area contributed by atoms with Crippen molar-refractivity contribution in [3.63, 3.8) is 0 Å². The number of carbonyl (C=O) groups excluding carboxylic acids is 1. The molecule has 1 fully saturated rings. The van der Waals surface area contributed by atoms with Crippen LogP contribution in [0, 0.1) is 0 Å². The second-order valence-electron chi connectivity index (χ2n) is 6.57. The Morgan fingerprint density at radius 3 is 2.79 bits per heavy atom. The molecular weight excluding hydrogens is 360 g/mol. The first-order valence-corrected chi connectivity index (χ1v) is 9.14. The van der Waals surface area contributed by atoms with Crippen molar-refractivity contribution in [3.05, 3.63) is 48.2 Å². The monoisotopic (exact) mass is 380 g/mol. The molecule has 1 atom stereocenters. The van der Waals surface area contributed by atoms with Crippen LogP contribution < -0.4 is 0 Å². The largest absolute Gasteiger partial charge is 0.479 e. The molecule has 1 aromatic carbocycles. The highest BCUT2D eigenvalue weighted by Gasteiger charge is 2.31. The average Bonchev–Trinajstić information content (AvgIpc) is 3.16. The number of amides is 1. The Morgan fingerprint density at radius 1 is 1.29 bits per heavy atom. The smallest absolute Gasteiger partial charge is 0.334 e. The molecule has 0 aliphatic carbocycles. The molecule has 1 N–H and O–H groups in total. The molecule has 8 nitrogen and oxygen atoms in total. The summed E-state index contributed by atoms with van der Waals surface area (Å²) in [5.41, 5.74) is 2.67. The molecule has 0 bridgehead atoms. The second kappa shape index (κ2) is 7.40. The quantitative estimate of drug-likeness (QED) is 0.744. The SMILES string of the molecule is CCn1ncc2c(C(=O)N3CCOC(C(=O)O)C3)cc(-c3ccccc3)nc21. The zero-order valence-corrected chi connectivity index (χ0v) is 15.4. The van der Waals surface area contributed by atoms with Crippen LogP contribution in [0.5, 0.6) is 0 Å². The lowest BCUT2D eigenvalue weighted by Crippen LogP contribution is -2.48. The summed E-state index contributed by atoms with van der Waals surface area (Å²) in [6.07, 6.45) is 0.630. The van der Waals surface area contributed by atoms with E-state index in [0.717, 1.165) is 5.56 Å². The minimum Gasteiger partial charge on any atom is -0.479 e. The third-order valence-electron chi connectivity index (χ3n) is 4.84. The fraction of sp³-hybridized carbons (Fsp3) is 0.300. The van der Waals surface area contributed by atoms with Gasteiger partial charge in [0.15, 0.2) is 11.8 Å². The Bertz CT molecular complexity index is 1030. The van der Waals surface area contributed by atoms with Crippen molar-refractivity contribution in [2.75, 3.05) is 19.7 Å². The van der Waals surface area contributed by atoms with Crippen molar-refractivity contribution in [1.82, 2.24) is 19.7 Å². The number of hydrogen-bond acceptors (Lipinski definition) is 5. The molecule has 8 heteroatoms. The minimum atomic E-state index is -1.07. The number of aromatic nitrogens is 3. The molecule has 1 aliphatic heterocycles. The maximum absolute atomic E-state index is 13.3. The molecule has 1 unspecified atom stereocenters. The predicted molar refractivity (Wildman–Crippen MR) is 102 cm³/mol. The van der Waals surface area contributed by atoms with E-state index in [1.807, 2.05) is 37.3 Å². The number of ether oxygens (including phenoxy) is 1. The van der Waals surface area contributed by atoms with Gasteiger partial charge in [-0.15, -0.1) is 0 Å². The topological polar surface area (TPSA) is 97.6 Å². The van der Waals surface area contributed by atoms with E-state index in [1.54, 1.807) is 16.9 Å². The highest BCUT2D eigenvalue weighted by molar-refractivity contribution is 6.06. The molecule has 1 amide bonds. The summed E-state index contributed by atoms with van der Waals surface area (Å²) < 4.78 is 6.98. The number of pyridine rings is 1. The van der Waals surface area contributed by atoms with Crippen molar-refractivity contribution >= 4 is 22.9 Å². The first-order valence-electron chi connectivity index (χ1n) is 9.14. The van der Waals surface area contributed by atoms with E-state index in [0.29, 0.717) is 35.4 Å². The van der Waals surface area contributed by atoms with E-state index in [1.165, 1.54) is 4.90 Å². The molecule has 3 heterocycles. The number of hydrogen-bond donors (Lipinski definition) is 1. The van der Waals surface area contributed by atoms with Crippen molar-refractivity contribution in [1.29, 1.82) is 0 Å². The molecule has 1 aliphatic rings. The van der Waals surface area contributed by atoms with Crippen LogP contribution in [0.15, 0.2) is 42.6 Å². The van der Waals surface area contributed by atoms with Gasteiger partial charge in [-0.25, -0.2) is 14.5 Å². The van der Waals surface area contributed by atoms with Gasteiger partial charge in [-0.2, -0.15) is 5.10 Å². The van der Waals surface area contributed by atoms with Gasteiger partial charge in [0.1, 0.15) is 0 Å². The van der Waals surface area contributed by atoms with E-state index in [9.17, 15) is 14.7 Å². The first kappa shape index (κ1) is 18.1. The maximum atomic E-state index is 13.3. The average molecular weight is 380 g/mol. The van der Waals surface area contributed by atoms with E-state index in [4.69, 9.17) is 9.72 Å². The van der Waals surface area contributed by atoms with E-state index >= 15 is 0 Å². The van der Waals surface area contributed by atoms with Crippen LogP contribution in [0.4, 0.5) is 0 Å². The Labute approximate surface area is 161 Å². The maximum Gasteiger partial charge on any atom is 0.334 e. The Kier molecular flexibility index (Phi) is 4.79. The van der Waals surface area contributed by atoms with E-state index in [2.05, 4.69) is 5.10 Å². The number of fused-ring (bicyclic) bond motifs is 1. The first-order chi connectivity index (χ1) is 13.6. The van der Waals surface area contributed by atoms with Crippen molar-refractivity contribution < 1.29 is 19.4 Å². The number of aliphatic carboxylic acids is 1. The normalized spacial score (nSPS) is 17.0. The highest BCUT2D eigenvalue weighted by Crippen LogP contribution is 2.26. The van der Waals surface area contributed by atoms with Gasteiger partial charge >= 0.3 is 5.97 Å².